The lowest BCUT2D eigenvalue weighted by Gasteiger charge is -2.27. The number of sulfonamides is 1. The normalized spacial score (nSPS) is 20.1. The molecule has 0 bridgehead atoms. The first-order valence-corrected chi connectivity index (χ1v) is 11.5. The molecule has 154 valence electrons. The van der Waals surface area contributed by atoms with Gasteiger partial charge in [-0.25, -0.2) is 8.42 Å². The van der Waals surface area contributed by atoms with E-state index in [1.54, 1.807) is 18.2 Å². The molecule has 29 heavy (non-hydrogen) atoms. The van der Waals surface area contributed by atoms with Gasteiger partial charge in [0.2, 0.25) is 10.0 Å². The average molecular weight is 415 g/mol. The van der Waals surface area contributed by atoms with Gasteiger partial charge in [-0.3, -0.25) is 4.79 Å². The van der Waals surface area contributed by atoms with Crippen LogP contribution in [0.5, 0.6) is 0 Å². The molecular weight excluding hydrogens is 388 g/mol. The molecule has 1 aliphatic heterocycles. The number of ether oxygens (including phenoxy) is 1. The third-order valence-electron chi connectivity index (χ3n) is 5.72. The monoisotopic (exact) mass is 414 g/mol. The van der Waals surface area contributed by atoms with E-state index in [1.807, 2.05) is 12.1 Å². The van der Waals surface area contributed by atoms with E-state index in [0.29, 0.717) is 32.8 Å². The molecule has 2 aliphatic rings. The van der Waals surface area contributed by atoms with Crippen molar-refractivity contribution < 1.29 is 17.9 Å². The van der Waals surface area contributed by atoms with Crippen LogP contribution in [-0.2, 0) is 21.2 Å². The molecule has 0 unspecified atom stereocenters. The number of aryl methyl sites for hydroxylation is 1. The molecule has 2 aromatic carbocycles. The van der Waals surface area contributed by atoms with Crippen LogP contribution in [0.2, 0.25) is 0 Å². The third kappa shape index (κ3) is 4.22. The zero-order valence-electron chi connectivity index (χ0n) is 16.3. The van der Waals surface area contributed by atoms with Gasteiger partial charge >= 0.3 is 0 Å². The first kappa shape index (κ1) is 20.1. The van der Waals surface area contributed by atoms with Crippen LogP contribution in [-0.4, -0.2) is 51.5 Å². The number of amides is 1. The second-order valence-corrected chi connectivity index (χ2v) is 9.42. The quantitative estimate of drug-likeness (QED) is 0.816. The van der Waals surface area contributed by atoms with Crippen molar-refractivity contribution in [2.45, 2.75) is 30.1 Å². The topological polar surface area (TPSA) is 75.7 Å². The molecule has 0 saturated carbocycles. The van der Waals surface area contributed by atoms with Crippen LogP contribution in [0.15, 0.2) is 53.4 Å². The Labute approximate surface area is 171 Å². The second kappa shape index (κ2) is 8.65. The average Bonchev–Trinajstić information content (AvgIpc) is 2.78. The zero-order chi connectivity index (χ0) is 20.3. The Morgan fingerprint density at radius 1 is 1.07 bits per heavy atom. The summed E-state index contributed by atoms with van der Waals surface area (Å²) in [5.74, 6) is -0.0904. The van der Waals surface area contributed by atoms with Gasteiger partial charge in [0.15, 0.2) is 0 Å². The van der Waals surface area contributed by atoms with Gasteiger partial charge in [-0.1, -0.05) is 36.4 Å². The van der Waals surface area contributed by atoms with E-state index in [2.05, 4.69) is 17.4 Å². The van der Waals surface area contributed by atoms with Gasteiger partial charge in [-0.2, -0.15) is 4.31 Å². The molecule has 6 nitrogen and oxygen atoms in total. The first-order valence-electron chi connectivity index (χ1n) is 10.1. The van der Waals surface area contributed by atoms with Crippen molar-refractivity contribution in [3.05, 3.63) is 65.2 Å². The molecule has 0 radical (unpaired) electrons. The summed E-state index contributed by atoms with van der Waals surface area (Å²) in [6.45, 7) is 1.85. The third-order valence-corrected chi connectivity index (χ3v) is 7.68. The lowest BCUT2D eigenvalue weighted by atomic mass is 9.83. The van der Waals surface area contributed by atoms with Crippen LogP contribution in [0, 0.1) is 0 Å². The Hall–Kier alpha value is -2.22. The molecular formula is C22H26N2O4S. The fourth-order valence-electron chi connectivity index (χ4n) is 4.18. The molecule has 1 atom stereocenters. The fraction of sp³-hybridized carbons (Fsp3) is 0.409. The number of hydrogen-bond acceptors (Lipinski definition) is 4. The minimum Gasteiger partial charge on any atom is -0.379 e. The maximum absolute atomic E-state index is 13.1. The van der Waals surface area contributed by atoms with Crippen molar-refractivity contribution in [2.75, 3.05) is 32.8 Å². The highest BCUT2D eigenvalue weighted by Gasteiger charge is 2.30. The molecule has 0 spiro atoms. The summed E-state index contributed by atoms with van der Waals surface area (Å²) in [6.07, 6.45) is 3.19. The number of carbonyl (C=O) groups is 1. The van der Waals surface area contributed by atoms with Gasteiger partial charge in [0, 0.05) is 25.6 Å². The molecule has 1 N–H and O–H groups in total. The maximum Gasteiger partial charge on any atom is 0.252 e. The number of fused-ring (bicyclic) bond motifs is 1. The van der Waals surface area contributed by atoms with Crippen LogP contribution in [0.3, 0.4) is 0 Å². The molecule has 1 amide bonds. The predicted molar refractivity (Wildman–Crippen MR) is 110 cm³/mol. The van der Waals surface area contributed by atoms with E-state index in [1.165, 1.54) is 21.5 Å². The number of nitrogens with one attached hydrogen (secondary N) is 1. The van der Waals surface area contributed by atoms with Crippen molar-refractivity contribution in [1.82, 2.24) is 9.62 Å². The summed E-state index contributed by atoms with van der Waals surface area (Å²) >= 11 is 0. The number of carbonyl (C=O) groups excluding carboxylic acids is 1. The van der Waals surface area contributed by atoms with Crippen molar-refractivity contribution in [3.8, 4) is 0 Å². The van der Waals surface area contributed by atoms with Gasteiger partial charge in [-0.15, -0.1) is 0 Å². The van der Waals surface area contributed by atoms with Gasteiger partial charge in [0.05, 0.1) is 23.7 Å². The maximum atomic E-state index is 13.1. The van der Waals surface area contributed by atoms with Crippen LogP contribution < -0.4 is 5.32 Å². The van der Waals surface area contributed by atoms with E-state index >= 15 is 0 Å². The zero-order valence-corrected chi connectivity index (χ0v) is 17.2. The van der Waals surface area contributed by atoms with E-state index < -0.39 is 10.0 Å². The van der Waals surface area contributed by atoms with Crippen molar-refractivity contribution in [1.29, 1.82) is 0 Å². The van der Waals surface area contributed by atoms with Gasteiger partial charge in [0.25, 0.3) is 5.91 Å². The van der Waals surface area contributed by atoms with E-state index in [0.717, 1.165) is 19.3 Å². The van der Waals surface area contributed by atoms with Crippen LogP contribution >= 0.6 is 0 Å². The Kier molecular flexibility index (Phi) is 5.99. The Morgan fingerprint density at radius 3 is 2.62 bits per heavy atom. The smallest absolute Gasteiger partial charge is 0.252 e. The summed E-state index contributed by atoms with van der Waals surface area (Å²) < 4.78 is 32.8. The minimum atomic E-state index is -3.74. The molecule has 1 aliphatic carbocycles. The molecule has 7 heteroatoms. The standard InChI is InChI=1S/C22H26N2O4S/c25-22(23-16-18-8-5-7-17-6-1-2-9-19(17)18)20-10-3-4-11-21(20)29(26,27)24-12-14-28-15-13-24/h1-4,6,9-11,18H,5,7-8,12-16H2,(H,23,25)/t18-/m0/s1. The summed E-state index contributed by atoms with van der Waals surface area (Å²) in [4.78, 5) is 13.0. The summed E-state index contributed by atoms with van der Waals surface area (Å²) in [6, 6.07) is 14.8. The van der Waals surface area contributed by atoms with Crippen molar-refractivity contribution in [3.63, 3.8) is 0 Å². The van der Waals surface area contributed by atoms with E-state index in [4.69, 9.17) is 4.74 Å². The molecule has 4 rings (SSSR count). The highest BCUT2D eigenvalue weighted by Crippen LogP contribution is 2.31. The molecule has 2 aromatic rings. The summed E-state index contributed by atoms with van der Waals surface area (Å²) in [5, 5.41) is 2.98. The number of benzene rings is 2. The Morgan fingerprint density at radius 2 is 1.79 bits per heavy atom. The van der Waals surface area contributed by atoms with Gasteiger partial charge in [-0.05, 0) is 42.5 Å². The summed E-state index contributed by atoms with van der Waals surface area (Å²) in [5.41, 5.74) is 2.82. The number of nitrogens with zero attached hydrogens (tertiary/aromatic N) is 1. The minimum absolute atomic E-state index is 0.0587. The van der Waals surface area contributed by atoms with Crippen LogP contribution in [0.1, 0.15) is 40.2 Å². The molecule has 1 saturated heterocycles. The van der Waals surface area contributed by atoms with Crippen LogP contribution in [0.4, 0.5) is 0 Å². The lowest BCUT2D eigenvalue weighted by molar-refractivity contribution is 0.0730. The number of hydrogen-bond donors (Lipinski definition) is 1. The van der Waals surface area contributed by atoms with Gasteiger partial charge in [0.1, 0.15) is 0 Å². The Bertz CT molecular complexity index is 984. The van der Waals surface area contributed by atoms with E-state index in [9.17, 15) is 13.2 Å². The van der Waals surface area contributed by atoms with E-state index in [-0.39, 0.29) is 22.3 Å². The predicted octanol–water partition coefficient (Wildman–Crippen LogP) is 2.56. The lowest BCUT2D eigenvalue weighted by Crippen LogP contribution is -2.41. The SMILES string of the molecule is O=C(NC[C@@H]1CCCc2ccccc21)c1ccccc1S(=O)(=O)N1CCOCC1. The molecule has 0 aromatic heterocycles. The molecule has 1 heterocycles. The van der Waals surface area contributed by atoms with Crippen molar-refractivity contribution >= 4 is 15.9 Å². The number of morpholine rings is 1. The largest absolute Gasteiger partial charge is 0.379 e. The highest BCUT2D eigenvalue weighted by atomic mass is 32.2. The van der Waals surface area contributed by atoms with Crippen LogP contribution in [0.25, 0.3) is 0 Å². The Balaban J connectivity index is 1.52. The molecule has 1 fully saturated rings. The van der Waals surface area contributed by atoms with Crippen molar-refractivity contribution in [2.24, 2.45) is 0 Å². The number of rotatable bonds is 5. The van der Waals surface area contributed by atoms with Gasteiger partial charge < -0.3 is 10.1 Å². The highest BCUT2D eigenvalue weighted by molar-refractivity contribution is 7.89. The summed E-state index contributed by atoms with van der Waals surface area (Å²) in [7, 11) is -3.74. The first-order chi connectivity index (χ1) is 14.1. The fourth-order valence-corrected chi connectivity index (χ4v) is 5.78. The second-order valence-electron chi connectivity index (χ2n) is 7.51.